The van der Waals surface area contributed by atoms with Gasteiger partial charge in [-0.05, 0) is 97.1 Å². The lowest BCUT2D eigenvalue weighted by atomic mass is 9.95. The van der Waals surface area contributed by atoms with Crippen molar-refractivity contribution in [3.63, 3.8) is 0 Å². The van der Waals surface area contributed by atoms with Crippen molar-refractivity contribution in [2.75, 3.05) is 22.9 Å². The Morgan fingerprint density at radius 1 is 0.463 bits per heavy atom. The number of rotatable bonds is 10. The minimum Gasteiger partial charge on any atom is -0.372 e. The molecule has 0 saturated heterocycles. The van der Waals surface area contributed by atoms with Crippen LogP contribution in [0.5, 0.6) is 0 Å². The topological polar surface area (TPSA) is 6.48 Å². The Labute approximate surface area is 245 Å². The van der Waals surface area contributed by atoms with E-state index >= 15 is 0 Å². The van der Waals surface area contributed by atoms with Crippen LogP contribution >= 0.6 is 0 Å². The lowest BCUT2D eigenvalue weighted by molar-refractivity contribution is 0.866. The highest BCUT2D eigenvalue weighted by Gasteiger charge is 2.13. The summed E-state index contributed by atoms with van der Waals surface area (Å²) in [6.45, 7) is 8.58. The zero-order valence-electron chi connectivity index (χ0n) is 24.2. The van der Waals surface area contributed by atoms with E-state index in [0.717, 1.165) is 30.2 Å². The molecule has 5 rings (SSSR count). The van der Waals surface area contributed by atoms with Crippen LogP contribution < -0.4 is 9.80 Å². The summed E-state index contributed by atoms with van der Waals surface area (Å²) in [6, 6.07) is 49.6. The third-order valence-corrected chi connectivity index (χ3v) is 7.50. The lowest BCUT2D eigenvalue weighted by Gasteiger charge is -2.25. The van der Waals surface area contributed by atoms with Crippen molar-refractivity contribution in [3.8, 4) is 0 Å². The van der Waals surface area contributed by atoms with Gasteiger partial charge in [-0.3, -0.25) is 0 Å². The van der Waals surface area contributed by atoms with Crippen LogP contribution in [0.4, 0.5) is 22.7 Å². The first kappa shape index (κ1) is 27.7. The molecular weight excluding hydrogens is 496 g/mol. The van der Waals surface area contributed by atoms with Gasteiger partial charge in [0.2, 0.25) is 0 Å². The highest BCUT2D eigenvalue weighted by molar-refractivity contribution is 5.85. The number of nitrogens with zero attached hydrogens (tertiary/aromatic N) is 2. The van der Waals surface area contributed by atoms with E-state index in [-0.39, 0.29) is 0 Å². The van der Waals surface area contributed by atoms with Gasteiger partial charge >= 0.3 is 0 Å². The molecule has 41 heavy (non-hydrogen) atoms. The zero-order chi connectivity index (χ0) is 28.4. The van der Waals surface area contributed by atoms with Crippen LogP contribution in [-0.4, -0.2) is 13.1 Å². The summed E-state index contributed by atoms with van der Waals surface area (Å²) in [6.07, 6.45) is 4.49. The van der Waals surface area contributed by atoms with Gasteiger partial charge in [0.1, 0.15) is 0 Å². The zero-order valence-corrected chi connectivity index (χ0v) is 24.2. The molecule has 5 aromatic rings. The summed E-state index contributed by atoms with van der Waals surface area (Å²) in [5.74, 6) is 0. The van der Waals surface area contributed by atoms with Crippen LogP contribution in [0.1, 0.15) is 37.5 Å². The summed E-state index contributed by atoms with van der Waals surface area (Å²) in [7, 11) is 0. The van der Waals surface area contributed by atoms with Crippen molar-refractivity contribution in [1.29, 1.82) is 0 Å². The average Bonchev–Trinajstić information content (AvgIpc) is 3.04. The molecule has 0 heterocycles. The molecule has 5 aromatic carbocycles. The maximum absolute atomic E-state index is 2.38. The molecule has 0 fully saturated rings. The van der Waals surface area contributed by atoms with E-state index < -0.39 is 0 Å². The van der Waals surface area contributed by atoms with Gasteiger partial charge in [0.15, 0.2) is 0 Å². The normalized spacial score (nSPS) is 11.8. The Bertz CT molecular complexity index is 1520. The Morgan fingerprint density at radius 3 is 1.34 bits per heavy atom. The first-order valence-electron chi connectivity index (χ1n) is 14.5. The molecular formula is C39H38N2. The first-order chi connectivity index (χ1) is 20.2. The number of para-hydroxylation sites is 2. The summed E-state index contributed by atoms with van der Waals surface area (Å²) in [4.78, 5) is 4.68. The molecule has 0 radical (unpaired) electrons. The van der Waals surface area contributed by atoms with Gasteiger partial charge in [0, 0.05) is 35.8 Å². The number of allylic oxidation sites excluding steroid dienone is 3. The highest BCUT2D eigenvalue weighted by Crippen LogP contribution is 2.35. The third-order valence-electron chi connectivity index (χ3n) is 7.50. The molecule has 0 aromatic heterocycles. The Balaban J connectivity index is 1.55. The van der Waals surface area contributed by atoms with E-state index in [1.807, 2.05) is 0 Å². The van der Waals surface area contributed by atoms with Crippen molar-refractivity contribution in [1.82, 2.24) is 0 Å². The Kier molecular flexibility index (Phi) is 9.13. The monoisotopic (exact) mass is 534 g/mol. The van der Waals surface area contributed by atoms with Crippen LogP contribution in [0.3, 0.4) is 0 Å². The van der Waals surface area contributed by atoms with Crippen molar-refractivity contribution in [2.24, 2.45) is 0 Å². The molecule has 0 bridgehead atoms. The van der Waals surface area contributed by atoms with Gasteiger partial charge in [-0.25, -0.2) is 0 Å². The van der Waals surface area contributed by atoms with Crippen molar-refractivity contribution >= 4 is 33.9 Å². The second-order valence-corrected chi connectivity index (χ2v) is 10.1. The molecule has 0 atom stereocenters. The smallest absolute Gasteiger partial charge is 0.0462 e. The molecule has 0 N–H and O–H groups in total. The van der Waals surface area contributed by atoms with Gasteiger partial charge in [0.25, 0.3) is 0 Å². The van der Waals surface area contributed by atoms with Crippen LogP contribution in [-0.2, 0) is 0 Å². The van der Waals surface area contributed by atoms with E-state index in [0.29, 0.717) is 0 Å². The standard InChI is InChI=1S/C39H38N2/c1-4-40(5-2)35-26-22-33(23-27-35)39(30-21-31(3)32-15-9-6-10-16-32)34-24-28-38(29-25-34)41(36-17-11-7-12-18-36)37-19-13-8-14-20-37/h6-30H,4-5H2,1-3H3. The quantitative estimate of drug-likeness (QED) is 0.164. The van der Waals surface area contributed by atoms with E-state index in [1.165, 1.54) is 33.5 Å². The van der Waals surface area contributed by atoms with Gasteiger partial charge < -0.3 is 9.80 Å². The van der Waals surface area contributed by atoms with Crippen molar-refractivity contribution < 1.29 is 0 Å². The first-order valence-corrected chi connectivity index (χ1v) is 14.5. The van der Waals surface area contributed by atoms with Crippen LogP contribution in [0.2, 0.25) is 0 Å². The molecule has 0 aliphatic carbocycles. The molecule has 0 saturated carbocycles. The minimum absolute atomic E-state index is 0.998. The Hall–Kier alpha value is -4.82. The van der Waals surface area contributed by atoms with Gasteiger partial charge in [-0.15, -0.1) is 0 Å². The van der Waals surface area contributed by atoms with Crippen LogP contribution in [0.25, 0.3) is 11.1 Å². The highest BCUT2D eigenvalue weighted by atomic mass is 15.1. The van der Waals surface area contributed by atoms with Crippen molar-refractivity contribution in [3.05, 3.63) is 168 Å². The summed E-state index contributed by atoms with van der Waals surface area (Å²) >= 11 is 0. The summed E-state index contributed by atoms with van der Waals surface area (Å²) < 4.78 is 0. The fraction of sp³-hybridized carbons (Fsp3) is 0.128. The summed E-state index contributed by atoms with van der Waals surface area (Å²) in [5.41, 5.74) is 10.7. The largest absolute Gasteiger partial charge is 0.372 e. The molecule has 0 spiro atoms. The lowest BCUT2D eigenvalue weighted by Crippen LogP contribution is -2.21. The molecule has 2 heteroatoms. The number of anilines is 4. The van der Waals surface area contributed by atoms with E-state index in [9.17, 15) is 0 Å². The second-order valence-electron chi connectivity index (χ2n) is 10.1. The third kappa shape index (κ3) is 6.67. The van der Waals surface area contributed by atoms with Gasteiger partial charge in [-0.1, -0.05) is 103 Å². The molecule has 0 aliphatic heterocycles. The predicted molar refractivity (Wildman–Crippen MR) is 178 cm³/mol. The molecule has 0 amide bonds. The van der Waals surface area contributed by atoms with Crippen LogP contribution in [0.15, 0.2) is 152 Å². The van der Waals surface area contributed by atoms with E-state index in [4.69, 9.17) is 0 Å². The maximum Gasteiger partial charge on any atom is 0.0462 e. The number of hydrogen-bond donors (Lipinski definition) is 0. The fourth-order valence-electron chi connectivity index (χ4n) is 5.20. The molecule has 0 unspecified atom stereocenters. The maximum atomic E-state index is 2.38. The molecule has 0 aliphatic rings. The van der Waals surface area contributed by atoms with E-state index in [2.05, 4.69) is 182 Å². The molecule has 2 nitrogen and oxygen atoms in total. The van der Waals surface area contributed by atoms with E-state index in [1.54, 1.807) is 0 Å². The number of benzene rings is 5. The average molecular weight is 535 g/mol. The minimum atomic E-state index is 0.998. The van der Waals surface area contributed by atoms with Crippen LogP contribution in [0, 0.1) is 0 Å². The molecule has 204 valence electrons. The van der Waals surface area contributed by atoms with Crippen molar-refractivity contribution in [2.45, 2.75) is 20.8 Å². The van der Waals surface area contributed by atoms with Gasteiger partial charge in [0.05, 0.1) is 0 Å². The number of hydrogen-bond acceptors (Lipinski definition) is 2. The summed E-state index contributed by atoms with van der Waals surface area (Å²) in [5, 5.41) is 0. The Morgan fingerprint density at radius 2 is 0.878 bits per heavy atom. The fourth-order valence-corrected chi connectivity index (χ4v) is 5.20. The second kappa shape index (κ2) is 13.5. The predicted octanol–water partition coefficient (Wildman–Crippen LogP) is 10.5. The van der Waals surface area contributed by atoms with Gasteiger partial charge in [-0.2, -0.15) is 0 Å². The SMILES string of the molecule is CCN(CC)c1ccc(C(=CC=C(C)c2ccccc2)c2ccc(N(c3ccccc3)c3ccccc3)cc2)cc1.